The molecule has 0 amide bonds. The molecule has 14 heavy (non-hydrogen) atoms. The first-order chi connectivity index (χ1) is 6.85. The average Bonchev–Trinajstić information content (AvgIpc) is 2.85. The highest BCUT2D eigenvalue weighted by Crippen LogP contribution is 2.25. The molecular formula is C10H11NO3. The van der Waals surface area contributed by atoms with E-state index in [2.05, 4.69) is 4.98 Å². The van der Waals surface area contributed by atoms with Crippen LogP contribution in [0.15, 0.2) is 27.4 Å². The molecule has 0 saturated heterocycles. The first-order valence-electron chi connectivity index (χ1n) is 4.47. The zero-order chi connectivity index (χ0) is 9.97. The van der Waals surface area contributed by atoms with E-state index >= 15 is 0 Å². The van der Waals surface area contributed by atoms with Crippen LogP contribution in [0.1, 0.15) is 18.4 Å². The summed E-state index contributed by atoms with van der Waals surface area (Å²) in [6, 6.07) is 3.71. The molecule has 0 aliphatic heterocycles. The number of aliphatic hydroxyl groups is 1. The maximum absolute atomic E-state index is 8.97. The second kappa shape index (κ2) is 3.67. The molecule has 0 bridgehead atoms. The van der Waals surface area contributed by atoms with Crippen LogP contribution in [0.25, 0.3) is 11.5 Å². The summed E-state index contributed by atoms with van der Waals surface area (Å²) in [5.41, 5.74) is 0.502. The van der Waals surface area contributed by atoms with E-state index in [1.807, 2.05) is 19.1 Å². The van der Waals surface area contributed by atoms with Crippen molar-refractivity contribution in [1.82, 2.24) is 4.98 Å². The second-order valence-corrected chi connectivity index (χ2v) is 2.91. The van der Waals surface area contributed by atoms with Crippen LogP contribution in [0.2, 0.25) is 0 Å². The van der Waals surface area contributed by atoms with Crippen LogP contribution < -0.4 is 0 Å². The van der Waals surface area contributed by atoms with Crippen molar-refractivity contribution in [1.29, 1.82) is 0 Å². The molecule has 74 valence electrons. The Hall–Kier alpha value is -1.55. The predicted octanol–water partition coefficient (Wildman–Crippen LogP) is 1.99. The molecule has 4 heteroatoms. The van der Waals surface area contributed by atoms with Crippen molar-refractivity contribution >= 4 is 0 Å². The van der Waals surface area contributed by atoms with E-state index in [1.54, 1.807) is 0 Å². The van der Waals surface area contributed by atoms with Gasteiger partial charge in [-0.3, -0.25) is 0 Å². The van der Waals surface area contributed by atoms with Crippen LogP contribution in [0.4, 0.5) is 0 Å². The third-order valence-corrected chi connectivity index (χ3v) is 2.02. The zero-order valence-corrected chi connectivity index (χ0v) is 7.86. The van der Waals surface area contributed by atoms with Crippen LogP contribution in [0.3, 0.4) is 0 Å². The Bertz CT molecular complexity index is 416. The Kier molecular flexibility index (Phi) is 2.37. The van der Waals surface area contributed by atoms with Crippen molar-refractivity contribution < 1.29 is 13.9 Å². The van der Waals surface area contributed by atoms with Gasteiger partial charge in [-0.15, -0.1) is 0 Å². The summed E-state index contributed by atoms with van der Waals surface area (Å²) in [5, 5.41) is 8.97. The van der Waals surface area contributed by atoms with Crippen molar-refractivity contribution in [3.05, 3.63) is 30.0 Å². The lowest BCUT2D eigenvalue weighted by Crippen LogP contribution is -1.84. The normalized spacial score (nSPS) is 10.7. The molecule has 0 aliphatic rings. The summed E-state index contributed by atoms with van der Waals surface area (Å²) in [5.74, 6) is 2.01. The Morgan fingerprint density at radius 2 is 2.29 bits per heavy atom. The van der Waals surface area contributed by atoms with Gasteiger partial charge in [0.15, 0.2) is 17.9 Å². The molecule has 2 aromatic heterocycles. The monoisotopic (exact) mass is 193 g/mol. The number of aliphatic hydroxyl groups excluding tert-OH is 1. The number of oxazole rings is 1. The topological polar surface area (TPSA) is 59.4 Å². The zero-order valence-electron chi connectivity index (χ0n) is 7.86. The van der Waals surface area contributed by atoms with Crippen molar-refractivity contribution in [2.45, 2.75) is 20.0 Å². The SMILES string of the molecule is CCc1ccc(-c2ocnc2CO)o1. The van der Waals surface area contributed by atoms with Crippen LogP contribution in [0.5, 0.6) is 0 Å². The Balaban J connectivity index is 2.38. The smallest absolute Gasteiger partial charge is 0.195 e. The van der Waals surface area contributed by atoms with Gasteiger partial charge in [-0.1, -0.05) is 6.92 Å². The minimum absolute atomic E-state index is 0.145. The van der Waals surface area contributed by atoms with Gasteiger partial charge in [0, 0.05) is 6.42 Å². The number of rotatable bonds is 3. The molecule has 4 nitrogen and oxygen atoms in total. The van der Waals surface area contributed by atoms with Crippen LogP contribution in [-0.4, -0.2) is 10.1 Å². The fourth-order valence-corrected chi connectivity index (χ4v) is 1.27. The van der Waals surface area contributed by atoms with E-state index in [1.165, 1.54) is 6.39 Å². The molecule has 2 rings (SSSR count). The van der Waals surface area contributed by atoms with Gasteiger partial charge in [0.2, 0.25) is 0 Å². The van der Waals surface area contributed by atoms with E-state index in [0.717, 1.165) is 12.2 Å². The average molecular weight is 193 g/mol. The van der Waals surface area contributed by atoms with Crippen molar-refractivity contribution in [3.8, 4) is 11.5 Å². The maximum atomic E-state index is 8.97. The van der Waals surface area contributed by atoms with Gasteiger partial charge in [0.05, 0.1) is 6.61 Å². The molecule has 2 aromatic rings. The molecule has 0 fully saturated rings. The molecule has 0 spiro atoms. The lowest BCUT2D eigenvalue weighted by molar-refractivity contribution is 0.277. The Morgan fingerprint density at radius 1 is 1.43 bits per heavy atom. The van der Waals surface area contributed by atoms with Crippen LogP contribution in [-0.2, 0) is 13.0 Å². The summed E-state index contributed by atoms with van der Waals surface area (Å²) in [7, 11) is 0. The largest absolute Gasteiger partial charge is 0.458 e. The lowest BCUT2D eigenvalue weighted by Gasteiger charge is -1.93. The fraction of sp³-hybridized carbons (Fsp3) is 0.300. The Morgan fingerprint density at radius 3 is 2.93 bits per heavy atom. The first kappa shape index (κ1) is 9.02. The van der Waals surface area contributed by atoms with E-state index < -0.39 is 0 Å². The highest BCUT2D eigenvalue weighted by Gasteiger charge is 2.13. The minimum atomic E-state index is -0.145. The van der Waals surface area contributed by atoms with Gasteiger partial charge in [-0.25, -0.2) is 4.98 Å². The summed E-state index contributed by atoms with van der Waals surface area (Å²) in [6.45, 7) is 1.87. The molecule has 2 heterocycles. The predicted molar refractivity (Wildman–Crippen MR) is 49.5 cm³/mol. The Labute approximate surface area is 81.2 Å². The number of aromatic nitrogens is 1. The summed E-state index contributed by atoms with van der Waals surface area (Å²) in [6.07, 6.45) is 2.14. The standard InChI is InChI=1S/C10H11NO3/c1-2-7-3-4-9(14-7)10-8(5-12)11-6-13-10/h3-4,6,12H,2,5H2,1H3. The number of hydrogen-bond donors (Lipinski definition) is 1. The molecule has 0 unspecified atom stereocenters. The maximum Gasteiger partial charge on any atom is 0.195 e. The molecule has 0 saturated carbocycles. The van der Waals surface area contributed by atoms with Crippen LogP contribution in [0, 0.1) is 0 Å². The molecule has 1 N–H and O–H groups in total. The summed E-state index contributed by atoms with van der Waals surface area (Å²) >= 11 is 0. The third kappa shape index (κ3) is 1.44. The number of nitrogens with zero attached hydrogens (tertiary/aromatic N) is 1. The molecule has 0 radical (unpaired) electrons. The van der Waals surface area contributed by atoms with E-state index in [9.17, 15) is 0 Å². The van der Waals surface area contributed by atoms with Crippen LogP contribution >= 0.6 is 0 Å². The molecule has 0 aromatic carbocycles. The van der Waals surface area contributed by atoms with Crippen molar-refractivity contribution in [2.75, 3.05) is 0 Å². The summed E-state index contributed by atoms with van der Waals surface area (Å²) < 4.78 is 10.6. The first-order valence-corrected chi connectivity index (χ1v) is 4.47. The number of furan rings is 1. The van der Waals surface area contributed by atoms with Gasteiger partial charge < -0.3 is 13.9 Å². The number of aryl methyl sites for hydroxylation is 1. The van der Waals surface area contributed by atoms with E-state index in [0.29, 0.717) is 17.2 Å². The van der Waals surface area contributed by atoms with Gasteiger partial charge in [0.25, 0.3) is 0 Å². The second-order valence-electron chi connectivity index (χ2n) is 2.91. The van der Waals surface area contributed by atoms with Gasteiger partial charge in [-0.2, -0.15) is 0 Å². The summed E-state index contributed by atoms with van der Waals surface area (Å²) in [4.78, 5) is 3.87. The van der Waals surface area contributed by atoms with E-state index in [-0.39, 0.29) is 6.61 Å². The van der Waals surface area contributed by atoms with Gasteiger partial charge in [0.1, 0.15) is 11.5 Å². The quantitative estimate of drug-likeness (QED) is 0.809. The molecule has 0 atom stereocenters. The minimum Gasteiger partial charge on any atom is -0.458 e. The third-order valence-electron chi connectivity index (χ3n) is 2.02. The molecular weight excluding hydrogens is 182 g/mol. The van der Waals surface area contributed by atoms with Gasteiger partial charge >= 0.3 is 0 Å². The van der Waals surface area contributed by atoms with E-state index in [4.69, 9.17) is 13.9 Å². The molecule has 0 aliphatic carbocycles. The highest BCUT2D eigenvalue weighted by molar-refractivity contribution is 5.52. The van der Waals surface area contributed by atoms with Gasteiger partial charge in [-0.05, 0) is 12.1 Å². The lowest BCUT2D eigenvalue weighted by atomic mass is 10.3. The van der Waals surface area contributed by atoms with Crippen molar-refractivity contribution in [3.63, 3.8) is 0 Å². The highest BCUT2D eigenvalue weighted by atomic mass is 16.4. The fourth-order valence-electron chi connectivity index (χ4n) is 1.27. The number of hydrogen-bond acceptors (Lipinski definition) is 4. The van der Waals surface area contributed by atoms with Crippen molar-refractivity contribution in [2.24, 2.45) is 0 Å².